The zero-order valence-corrected chi connectivity index (χ0v) is 10.8. The van der Waals surface area contributed by atoms with Gasteiger partial charge in [-0.1, -0.05) is 12.1 Å². The Labute approximate surface area is 103 Å². The van der Waals surface area contributed by atoms with Crippen LogP contribution in [-0.2, 0) is 4.74 Å². The predicted octanol–water partition coefficient (Wildman–Crippen LogP) is 2.52. The molecule has 3 nitrogen and oxygen atoms in total. The largest absolute Gasteiger partial charge is 0.494 e. The van der Waals surface area contributed by atoms with Crippen molar-refractivity contribution >= 4 is 0 Å². The van der Waals surface area contributed by atoms with E-state index in [0.29, 0.717) is 6.61 Å². The SMILES string of the molecule is CCOc1cccc(C2CNC(C)(C)CO2)c1. The molecule has 2 rings (SSSR count). The fourth-order valence-corrected chi connectivity index (χ4v) is 1.97. The Morgan fingerprint density at radius 2 is 2.29 bits per heavy atom. The van der Waals surface area contributed by atoms with E-state index in [2.05, 4.69) is 31.3 Å². The first-order valence-electron chi connectivity index (χ1n) is 6.20. The normalized spacial score (nSPS) is 23.4. The maximum atomic E-state index is 5.89. The molecule has 1 N–H and O–H groups in total. The number of benzene rings is 1. The van der Waals surface area contributed by atoms with Crippen molar-refractivity contribution < 1.29 is 9.47 Å². The average Bonchev–Trinajstić information content (AvgIpc) is 2.30. The summed E-state index contributed by atoms with van der Waals surface area (Å²) in [6, 6.07) is 8.15. The molecule has 0 aromatic heterocycles. The van der Waals surface area contributed by atoms with Crippen LogP contribution in [0.5, 0.6) is 5.75 Å². The topological polar surface area (TPSA) is 30.5 Å². The molecule has 1 aromatic rings. The van der Waals surface area contributed by atoms with Crippen LogP contribution in [0.15, 0.2) is 24.3 Å². The molecule has 1 heterocycles. The molecule has 1 aromatic carbocycles. The lowest BCUT2D eigenvalue weighted by Crippen LogP contribution is -2.50. The van der Waals surface area contributed by atoms with Crippen LogP contribution in [0.3, 0.4) is 0 Å². The number of morpholine rings is 1. The van der Waals surface area contributed by atoms with Crippen molar-refractivity contribution in [3.05, 3.63) is 29.8 Å². The van der Waals surface area contributed by atoms with Crippen molar-refractivity contribution in [1.29, 1.82) is 0 Å². The van der Waals surface area contributed by atoms with Crippen LogP contribution in [0.1, 0.15) is 32.4 Å². The Bertz CT molecular complexity index is 366. The van der Waals surface area contributed by atoms with Gasteiger partial charge in [0.1, 0.15) is 5.75 Å². The Morgan fingerprint density at radius 1 is 1.47 bits per heavy atom. The van der Waals surface area contributed by atoms with Crippen LogP contribution in [0.4, 0.5) is 0 Å². The van der Waals surface area contributed by atoms with Crippen molar-refractivity contribution in [3.8, 4) is 5.75 Å². The van der Waals surface area contributed by atoms with E-state index in [9.17, 15) is 0 Å². The minimum atomic E-state index is 0.0774. The maximum Gasteiger partial charge on any atom is 0.119 e. The fraction of sp³-hybridized carbons (Fsp3) is 0.571. The first-order valence-corrected chi connectivity index (χ1v) is 6.20. The monoisotopic (exact) mass is 235 g/mol. The standard InChI is InChI=1S/C14H21NO2/c1-4-16-12-7-5-6-11(8-12)13-9-15-14(2,3)10-17-13/h5-8,13,15H,4,9-10H2,1-3H3. The number of hydrogen-bond acceptors (Lipinski definition) is 3. The molecular formula is C14H21NO2. The highest BCUT2D eigenvalue weighted by Gasteiger charge is 2.27. The van der Waals surface area contributed by atoms with E-state index in [4.69, 9.17) is 9.47 Å². The van der Waals surface area contributed by atoms with Crippen LogP contribution < -0.4 is 10.1 Å². The quantitative estimate of drug-likeness (QED) is 0.873. The highest BCUT2D eigenvalue weighted by molar-refractivity contribution is 5.30. The average molecular weight is 235 g/mol. The van der Waals surface area contributed by atoms with Crippen LogP contribution in [0.2, 0.25) is 0 Å². The zero-order valence-electron chi connectivity index (χ0n) is 10.8. The van der Waals surface area contributed by atoms with Gasteiger partial charge in [-0.15, -0.1) is 0 Å². The summed E-state index contributed by atoms with van der Waals surface area (Å²) in [5.41, 5.74) is 1.26. The lowest BCUT2D eigenvalue weighted by molar-refractivity contribution is -0.0229. The van der Waals surface area contributed by atoms with Gasteiger partial charge in [0.05, 0.1) is 19.3 Å². The summed E-state index contributed by atoms with van der Waals surface area (Å²) in [4.78, 5) is 0. The zero-order chi connectivity index (χ0) is 12.3. The van der Waals surface area contributed by atoms with E-state index in [0.717, 1.165) is 18.9 Å². The number of rotatable bonds is 3. The lowest BCUT2D eigenvalue weighted by atomic mass is 10.0. The molecule has 0 spiro atoms. The van der Waals surface area contributed by atoms with Gasteiger partial charge in [-0.05, 0) is 38.5 Å². The first kappa shape index (κ1) is 12.4. The van der Waals surface area contributed by atoms with Crippen molar-refractivity contribution in [2.75, 3.05) is 19.8 Å². The smallest absolute Gasteiger partial charge is 0.119 e. The predicted molar refractivity (Wildman–Crippen MR) is 68.4 cm³/mol. The molecular weight excluding hydrogens is 214 g/mol. The van der Waals surface area contributed by atoms with Gasteiger partial charge in [0.15, 0.2) is 0 Å². The highest BCUT2D eigenvalue weighted by atomic mass is 16.5. The van der Waals surface area contributed by atoms with E-state index in [1.807, 2.05) is 19.1 Å². The van der Waals surface area contributed by atoms with Gasteiger partial charge in [-0.3, -0.25) is 0 Å². The second-order valence-electron chi connectivity index (χ2n) is 5.07. The molecule has 17 heavy (non-hydrogen) atoms. The van der Waals surface area contributed by atoms with E-state index >= 15 is 0 Å². The van der Waals surface area contributed by atoms with Gasteiger partial charge in [0, 0.05) is 12.1 Å². The molecule has 0 amide bonds. The fourth-order valence-electron chi connectivity index (χ4n) is 1.97. The van der Waals surface area contributed by atoms with Gasteiger partial charge in [-0.25, -0.2) is 0 Å². The molecule has 94 valence electrons. The Hall–Kier alpha value is -1.06. The molecule has 1 fully saturated rings. The molecule has 1 atom stereocenters. The number of hydrogen-bond donors (Lipinski definition) is 1. The maximum absolute atomic E-state index is 5.89. The van der Waals surface area contributed by atoms with Gasteiger partial charge in [-0.2, -0.15) is 0 Å². The first-order chi connectivity index (χ1) is 8.11. The van der Waals surface area contributed by atoms with Crippen molar-refractivity contribution in [2.45, 2.75) is 32.4 Å². The molecule has 1 unspecified atom stereocenters. The molecule has 0 aliphatic carbocycles. The molecule has 1 aliphatic rings. The summed E-state index contributed by atoms with van der Waals surface area (Å²) in [7, 11) is 0. The molecule has 0 radical (unpaired) electrons. The van der Waals surface area contributed by atoms with Crippen molar-refractivity contribution in [3.63, 3.8) is 0 Å². The van der Waals surface area contributed by atoms with Crippen LogP contribution in [-0.4, -0.2) is 25.3 Å². The van der Waals surface area contributed by atoms with Crippen LogP contribution >= 0.6 is 0 Å². The second kappa shape index (κ2) is 5.07. The van der Waals surface area contributed by atoms with Crippen LogP contribution in [0.25, 0.3) is 0 Å². The molecule has 0 saturated carbocycles. The van der Waals surface area contributed by atoms with Gasteiger partial charge in [0.25, 0.3) is 0 Å². The third-order valence-electron chi connectivity index (χ3n) is 2.95. The molecule has 3 heteroatoms. The number of nitrogens with one attached hydrogen (secondary N) is 1. The lowest BCUT2D eigenvalue weighted by Gasteiger charge is -2.36. The summed E-state index contributed by atoms with van der Waals surface area (Å²) in [5.74, 6) is 0.915. The third kappa shape index (κ3) is 3.20. The van der Waals surface area contributed by atoms with Crippen molar-refractivity contribution in [2.24, 2.45) is 0 Å². The summed E-state index contributed by atoms with van der Waals surface area (Å²) < 4.78 is 11.4. The molecule has 1 aliphatic heterocycles. The van der Waals surface area contributed by atoms with E-state index < -0.39 is 0 Å². The van der Waals surface area contributed by atoms with Gasteiger partial charge in [0.2, 0.25) is 0 Å². The second-order valence-corrected chi connectivity index (χ2v) is 5.07. The minimum absolute atomic E-state index is 0.0774. The summed E-state index contributed by atoms with van der Waals surface area (Å²) in [6.45, 7) is 8.58. The molecule has 0 bridgehead atoms. The van der Waals surface area contributed by atoms with Crippen molar-refractivity contribution in [1.82, 2.24) is 5.32 Å². The minimum Gasteiger partial charge on any atom is -0.494 e. The van der Waals surface area contributed by atoms with E-state index in [1.165, 1.54) is 5.56 Å². The van der Waals surface area contributed by atoms with Crippen LogP contribution in [0, 0.1) is 0 Å². The Kier molecular flexibility index (Phi) is 3.69. The third-order valence-corrected chi connectivity index (χ3v) is 2.95. The van der Waals surface area contributed by atoms with E-state index in [-0.39, 0.29) is 11.6 Å². The summed E-state index contributed by atoms with van der Waals surface area (Å²) >= 11 is 0. The Morgan fingerprint density at radius 3 is 2.94 bits per heavy atom. The summed E-state index contributed by atoms with van der Waals surface area (Å²) in [6.07, 6.45) is 0.128. The highest BCUT2D eigenvalue weighted by Crippen LogP contribution is 2.26. The molecule has 1 saturated heterocycles. The number of ether oxygens (including phenoxy) is 2. The summed E-state index contributed by atoms with van der Waals surface area (Å²) in [5, 5.41) is 3.49. The van der Waals surface area contributed by atoms with Gasteiger partial charge < -0.3 is 14.8 Å². The van der Waals surface area contributed by atoms with E-state index in [1.54, 1.807) is 0 Å². The van der Waals surface area contributed by atoms with Gasteiger partial charge >= 0.3 is 0 Å². The Balaban J connectivity index is 2.05.